The van der Waals surface area contributed by atoms with Gasteiger partial charge in [0.15, 0.2) is 0 Å². The van der Waals surface area contributed by atoms with Crippen LogP contribution in [0.4, 0.5) is 11.4 Å². The summed E-state index contributed by atoms with van der Waals surface area (Å²) in [4.78, 5) is 12.2. The predicted octanol–water partition coefficient (Wildman–Crippen LogP) is 6.10. The Morgan fingerprint density at radius 2 is 1.74 bits per heavy atom. The van der Waals surface area contributed by atoms with Crippen LogP contribution in [-0.4, -0.2) is 19.0 Å². The number of aryl methyl sites for hydroxylation is 1. The summed E-state index contributed by atoms with van der Waals surface area (Å²) in [5.74, 6) is 0.860. The van der Waals surface area contributed by atoms with Crippen molar-refractivity contribution in [3.05, 3.63) is 74.8 Å². The molecular weight excluding hydrogens is 336 g/mol. The van der Waals surface area contributed by atoms with E-state index in [1.54, 1.807) is 24.3 Å². The van der Waals surface area contributed by atoms with Gasteiger partial charge in [-0.2, -0.15) is 0 Å². The van der Waals surface area contributed by atoms with E-state index < -0.39 is 0 Å². The maximum Gasteiger partial charge on any atom is 0.269 e. The molecule has 2 aliphatic carbocycles. The van der Waals surface area contributed by atoms with Crippen molar-refractivity contribution in [2.45, 2.75) is 44.9 Å². The van der Waals surface area contributed by atoms with Crippen molar-refractivity contribution < 1.29 is 4.92 Å². The zero-order valence-corrected chi connectivity index (χ0v) is 16.4. The van der Waals surface area contributed by atoms with Gasteiger partial charge >= 0.3 is 0 Å². The first-order chi connectivity index (χ1) is 12.9. The number of non-ortho nitro benzene ring substituents is 1. The molecule has 2 fully saturated rings. The van der Waals surface area contributed by atoms with E-state index in [1.807, 2.05) is 0 Å². The molecule has 0 atom stereocenters. The second-order valence-electron chi connectivity index (χ2n) is 7.72. The first-order valence-corrected chi connectivity index (χ1v) is 9.66. The van der Waals surface area contributed by atoms with Crippen LogP contribution in [0.5, 0.6) is 0 Å². The Kier molecular flexibility index (Phi) is 5.94. The molecule has 2 aromatic rings. The lowest BCUT2D eigenvalue weighted by Gasteiger charge is -2.16. The van der Waals surface area contributed by atoms with Crippen LogP contribution in [0, 0.1) is 17.0 Å². The van der Waals surface area contributed by atoms with Gasteiger partial charge < -0.3 is 4.90 Å². The van der Waals surface area contributed by atoms with Gasteiger partial charge in [-0.1, -0.05) is 23.8 Å². The average Bonchev–Trinajstić information content (AvgIpc) is 3.44. The molecule has 0 unspecified atom stereocenters. The van der Waals surface area contributed by atoms with Crippen molar-refractivity contribution in [3.8, 4) is 0 Å². The number of benzene rings is 2. The third-order valence-corrected chi connectivity index (χ3v) is 5.23. The van der Waals surface area contributed by atoms with Gasteiger partial charge in [-0.15, -0.1) is 0 Å². The van der Waals surface area contributed by atoms with Crippen LogP contribution in [-0.2, 0) is 0 Å². The maximum absolute atomic E-state index is 10.4. The number of hydrogen-bond donors (Lipinski definition) is 0. The maximum atomic E-state index is 10.4. The van der Waals surface area contributed by atoms with Gasteiger partial charge in [0.2, 0.25) is 0 Å². The smallest absolute Gasteiger partial charge is 0.269 e. The third-order valence-electron chi connectivity index (χ3n) is 5.23. The van der Waals surface area contributed by atoms with Gasteiger partial charge in [-0.25, -0.2) is 0 Å². The SMILES string of the molecule is Cc1ccc(C2CC2)cc1N(C)C.O=[N+]([O-])c1ccc(C=C2CCC2)cc1. The zero-order chi connectivity index (χ0) is 19.4. The largest absolute Gasteiger partial charge is 0.377 e. The molecule has 0 aromatic heterocycles. The fourth-order valence-corrected chi connectivity index (χ4v) is 3.23. The Balaban J connectivity index is 0.000000156. The number of hydrogen-bond acceptors (Lipinski definition) is 3. The van der Waals surface area contributed by atoms with Gasteiger partial charge in [-0.3, -0.25) is 10.1 Å². The van der Waals surface area contributed by atoms with Crippen molar-refractivity contribution in [2.75, 3.05) is 19.0 Å². The molecule has 2 aliphatic rings. The highest BCUT2D eigenvalue weighted by molar-refractivity contribution is 5.56. The van der Waals surface area contributed by atoms with Gasteiger partial charge in [0.05, 0.1) is 4.92 Å². The number of allylic oxidation sites excluding steroid dienone is 1. The van der Waals surface area contributed by atoms with Gasteiger partial charge in [0, 0.05) is 31.9 Å². The molecule has 2 saturated carbocycles. The highest BCUT2D eigenvalue weighted by atomic mass is 16.6. The monoisotopic (exact) mass is 364 g/mol. The second kappa shape index (κ2) is 8.38. The molecule has 0 heterocycles. The second-order valence-corrected chi connectivity index (χ2v) is 7.72. The number of nitro groups is 1. The average molecular weight is 364 g/mol. The summed E-state index contributed by atoms with van der Waals surface area (Å²) in [6.45, 7) is 2.17. The molecule has 0 aliphatic heterocycles. The Morgan fingerprint density at radius 3 is 2.22 bits per heavy atom. The highest BCUT2D eigenvalue weighted by Crippen LogP contribution is 2.41. The van der Waals surface area contributed by atoms with Crippen LogP contribution in [0.1, 0.15) is 54.7 Å². The minimum absolute atomic E-state index is 0.153. The molecule has 0 saturated heterocycles. The van der Waals surface area contributed by atoms with E-state index in [9.17, 15) is 10.1 Å². The van der Waals surface area contributed by atoms with Gasteiger partial charge in [0.25, 0.3) is 5.69 Å². The summed E-state index contributed by atoms with van der Waals surface area (Å²) in [5, 5.41) is 10.4. The minimum atomic E-state index is -0.375. The van der Waals surface area contributed by atoms with Crippen LogP contribution in [0.3, 0.4) is 0 Å². The Hall–Kier alpha value is -2.62. The number of nitrogens with zero attached hydrogens (tertiary/aromatic N) is 2. The molecule has 27 heavy (non-hydrogen) atoms. The van der Waals surface area contributed by atoms with E-state index >= 15 is 0 Å². The summed E-state index contributed by atoms with van der Waals surface area (Å²) in [5.41, 5.74) is 6.91. The highest BCUT2D eigenvalue weighted by Gasteiger charge is 2.23. The molecule has 0 N–H and O–H groups in total. The lowest BCUT2D eigenvalue weighted by Crippen LogP contribution is -2.10. The lowest BCUT2D eigenvalue weighted by atomic mass is 9.91. The van der Waals surface area contributed by atoms with E-state index in [2.05, 4.69) is 50.2 Å². The third kappa shape index (κ3) is 5.19. The van der Waals surface area contributed by atoms with E-state index in [0.717, 1.165) is 11.5 Å². The van der Waals surface area contributed by atoms with Crippen molar-refractivity contribution in [1.29, 1.82) is 0 Å². The van der Waals surface area contributed by atoms with Crippen molar-refractivity contribution in [1.82, 2.24) is 0 Å². The number of nitro benzene ring substituents is 1. The standard InChI is InChI=1S/C12H17N.C11H11NO2/c1-9-4-5-11(10-6-7-10)8-12(9)13(2)3;13-12(14)11-6-4-10(5-7-11)8-9-2-1-3-9/h4-5,8,10H,6-7H2,1-3H3;4-8H,1-3H2. The summed E-state index contributed by atoms with van der Waals surface area (Å²) in [7, 11) is 4.22. The normalized spacial score (nSPS) is 15.3. The molecular formula is C23H28N2O2. The van der Waals surface area contributed by atoms with Gasteiger partial charge in [0.1, 0.15) is 0 Å². The zero-order valence-electron chi connectivity index (χ0n) is 16.4. The van der Waals surface area contributed by atoms with Crippen LogP contribution < -0.4 is 4.90 Å². The topological polar surface area (TPSA) is 46.4 Å². The van der Waals surface area contributed by atoms with Crippen LogP contribution in [0.15, 0.2) is 48.0 Å². The van der Waals surface area contributed by atoms with Crippen LogP contribution in [0.25, 0.3) is 6.08 Å². The van der Waals surface area contributed by atoms with E-state index in [1.165, 1.54) is 54.5 Å². The molecule has 0 bridgehead atoms. The Morgan fingerprint density at radius 1 is 1.07 bits per heavy atom. The van der Waals surface area contributed by atoms with Gasteiger partial charge in [-0.05, 0) is 79.8 Å². The molecule has 0 amide bonds. The summed E-state index contributed by atoms with van der Waals surface area (Å²) in [6, 6.07) is 13.5. The van der Waals surface area contributed by atoms with E-state index in [0.29, 0.717) is 0 Å². The number of rotatable bonds is 4. The summed E-state index contributed by atoms with van der Waals surface area (Å²) >= 11 is 0. The number of anilines is 1. The van der Waals surface area contributed by atoms with E-state index in [-0.39, 0.29) is 10.6 Å². The molecule has 0 radical (unpaired) electrons. The van der Waals surface area contributed by atoms with Crippen LogP contribution in [0.2, 0.25) is 0 Å². The Bertz CT molecular complexity index is 828. The molecule has 4 heteroatoms. The fourth-order valence-electron chi connectivity index (χ4n) is 3.23. The first-order valence-electron chi connectivity index (χ1n) is 9.66. The molecule has 2 aromatic carbocycles. The quantitative estimate of drug-likeness (QED) is 0.486. The van der Waals surface area contributed by atoms with Crippen molar-refractivity contribution >= 4 is 17.5 Å². The molecule has 4 rings (SSSR count). The fraction of sp³-hybridized carbons (Fsp3) is 0.391. The molecule has 4 nitrogen and oxygen atoms in total. The minimum Gasteiger partial charge on any atom is -0.377 e. The first kappa shape index (κ1) is 19.2. The molecule has 0 spiro atoms. The van der Waals surface area contributed by atoms with E-state index in [4.69, 9.17) is 0 Å². The Labute approximate surface area is 161 Å². The van der Waals surface area contributed by atoms with Crippen LogP contribution >= 0.6 is 0 Å². The van der Waals surface area contributed by atoms with Crippen molar-refractivity contribution in [2.24, 2.45) is 0 Å². The molecule has 142 valence electrons. The summed E-state index contributed by atoms with van der Waals surface area (Å²) < 4.78 is 0. The predicted molar refractivity (Wildman–Crippen MR) is 112 cm³/mol. The lowest BCUT2D eigenvalue weighted by molar-refractivity contribution is -0.384. The van der Waals surface area contributed by atoms with Crippen molar-refractivity contribution in [3.63, 3.8) is 0 Å². The summed E-state index contributed by atoms with van der Waals surface area (Å²) in [6.07, 6.45) is 8.52.